The number of rotatable bonds is 1. The number of aryl methyl sites for hydroxylation is 2. The smallest absolute Gasteiger partial charge is 0.166 e. The summed E-state index contributed by atoms with van der Waals surface area (Å²) in [7, 11) is 0. The lowest BCUT2D eigenvalue weighted by Gasteiger charge is -2.06. The Bertz CT molecular complexity index is 742. The molecule has 0 unspecified atom stereocenters. The van der Waals surface area contributed by atoms with E-state index >= 15 is 0 Å². The first kappa shape index (κ1) is 11.8. The van der Waals surface area contributed by atoms with Gasteiger partial charge in [-0.1, -0.05) is 17.7 Å². The molecule has 0 aliphatic heterocycles. The molecule has 0 saturated carbocycles. The third kappa shape index (κ3) is 1.66. The number of halogens is 2. The fourth-order valence-electron chi connectivity index (χ4n) is 2.19. The van der Waals surface area contributed by atoms with Crippen LogP contribution in [0, 0.1) is 19.7 Å². The van der Waals surface area contributed by atoms with E-state index in [4.69, 9.17) is 11.6 Å². The second-order valence-electron chi connectivity index (χ2n) is 4.30. The van der Waals surface area contributed by atoms with Crippen molar-refractivity contribution in [3.8, 4) is 5.00 Å². The largest absolute Gasteiger partial charge is 0.302 e. The SMILES string of the molecule is Cc1ccc(-n2c(C)cc3ccc(Cl)c(F)c32)s1. The Morgan fingerprint density at radius 1 is 1.17 bits per heavy atom. The number of aromatic nitrogens is 1. The molecule has 4 heteroatoms. The second kappa shape index (κ2) is 4.11. The summed E-state index contributed by atoms with van der Waals surface area (Å²) in [6, 6.07) is 9.47. The van der Waals surface area contributed by atoms with Crippen LogP contribution in [-0.4, -0.2) is 4.57 Å². The second-order valence-corrected chi connectivity index (χ2v) is 5.98. The molecule has 3 rings (SSSR count). The maximum Gasteiger partial charge on any atom is 0.166 e. The van der Waals surface area contributed by atoms with Crippen molar-refractivity contribution in [1.29, 1.82) is 0 Å². The van der Waals surface area contributed by atoms with Crippen LogP contribution in [0.2, 0.25) is 5.02 Å². The minimum Gasteiger partial charge on any atom is -0.302 e. The Kier molecular flexibility index (Phi) is 2.68. The van der Waals surface area contributed by atoms with E-state index in [0.29, 0.717) is 5.52 Å². The Balaban J connectivity index is 2.41. The van der Waals surface area contributed by atoms with E-state index in [1.165, 1.54) is 4.88 Å². The topological polar surface area (TPSA) is 4.93 Å². The normalized spacial score (nSPS) is 11.3. The Hall–Kier alpha value is -1.32. The highest BCUT2D eigenvalue weighted by Crippen LogP contribution is 2.32. The zero-order valence-corrected chi connectivity index (χ0v) is 11.6. The lowest BCUT2D eigenvalue weighted by Crippen LogP contribution is -1.95. The van der Waals surface area contributed by atoms with Crippen molar-refractivity contribution >= 4 is 33.8 Å². The molecule has 0 N–H and O–H groups in total. The molecule has 0 saturated heterocycles. The third-order valence-electron chi connectivity index (χ3n) is 2.99. The van der Waals surface area contributed by atoms with Crippen LogP contribution in [0.1, 0.15) is 10.6 Å². The summed E-state index contributed by atoms with van der Waals surface area (Å²) >= 11 is 7.52. The van der Waals surface area contributed by atoms with Crippen LogP contribution < -0.4 is 0 Å². The highest BCUT2D eigenvalue weighted by atomic mass is 35.5. The van der Waals surface area contributed by atoms with Crippen LogP contribution in [0.15, 0.2) is 30.3 Å². The van der Waals surface area contributed by atoms with Crippen LogP contribution >= 0.6 is 22.9 Å². The zero-order valence-electron chi connectivity index (χ0n) is 10.00. The van der Waals surface area contributed by atoms with E-state index in [9.17, 15) is 4.39 Å². The van der Waals surface area contributed by atoms with Crippen molar-refractivity contribution in [2.45, 2.75) is 13.8 Å². The van der Waals surface area contributed by atoms with Gasteiger partial charge in [0.1, 0.15) is 0 Å². The summed E-state index contributed by atoms with van der Waals surface area (Å²) < 4.78 is 16.1. The van der Waals surface area contributed by atoms with Gasteiger partial charge in [-0.2, -0.15) is 0 Å². The quantitative estimate of drug-likeness (QED) is 0.584. The summed E-state index contributed by atoms with van der Waals surface area (Å²) in [5.41, 5.74) is 1.56. The van der Waals surface area contributed by atoms with E-state index in [2.05, 4.69) is 0 Å². The van der Waals surface area contributed by atoms with Crippen LogP contribution in [0.25, 0.3) is 15.9 Å². The first-order chi connectivity index (χ1) is 8.58. The molecule has 2 aromatic heterocycles. The Morgan fingerprint density at radius 3 is 2.61 bits per heavy atom. The molecule has 0 aliphatic carbocycles. The molecule has 0 radical (unpaired) electrons. The molecule has 0 amide bonds. The summed E-state index contributed by atoms with van der Waals surface area (Å²) in [5, 5.41) is 2.05. The van der Waals surface area contributed by atoms with Gasteiger partial charge < -0.3 is 4.57 Å². The summed E-state index contributed by atoms with van der Waals surface area (Å²) in [6.07, 6.45) is 0. The van der Waals surface area contributed by atoms with Crippen LogP contribution in [-0.2, 0) is 0 Å². The molecular weight excluding hydrogens is 269 g/mol. The number of hydrogen-bond acceptors (Lipinski definition) is 1. The number of benzene rings is 1. The highest BCUT2D eigenvalue weighted by Gasteiger charge is 2.15. The maximum atomic E-state index is 14.2. The van der Waals surface area contributed by atoms with Crippen molar-refractivity contribution in [2.24, 2.45) is 0 Å². The number of fused-ring (bicyclic) bond motifs is 1. The highest BCUT2D eigenvalue weighted by molar-refractivity contribution is 7.14. The van der Waals surface area contributed by atoms with Crippen molar-refractivity contribution in [2.75, 3.05) is 0 Å². The average Bonchev–Trinajstić information content (AvgIpc) is 2.87. The van der Waals surface area contributed by atoms with Gasteiger partial charge in [-0.05, 0) is 38.1 Å². The number of thiophene rings is 1. The monoisotopic (exact) mass is 279 g/mol. The van der Waals surface area contributed by atoms with Gasteiger partial charge in [-0.25, -0.2) is 4.39 Å². The molecule has 18 heavy (non-hydrogen) atoms. The third-order valence-corrected chi connectivity index (χ3v) is 4.27. The summed E-state index contributed by atoms with van der Waals surface area (Å²) in [6.45, 7) is 4.01. The van der Waals surface area contributed by atoms with Gasteiger partial charge in [0.25, 0.3) is 0 Å². The number of nitrogens with zero attached hydrogens (tertiary/aromatic N) is 1. The molecular formula is C14H11ClFNS. The van der Waals surface area contributed by atoms with E-state index in [1.807, 2.05) is 42.7 Å². The predicted octanol–water partition coefficient (Wildman–Crippen LogP) is 5.10. The van der Waals surface area contributed by atoms with Crippen molar-refractivity contribution in [3.63, 3.8) is 0 Å². The standard InChI is InChI=1S/C14H11ClFNS/c1-8-7-10-4-5-11(15)13(16)14(10)17(8)12-6-3-9(2)18-12/h3-7H,1-2H3. The molecule has 1 aromatic carbocycles. The van der Waals surface area contributed by atoms with E-state index in [1.54, 1.807) is 17.4 Å². The summed E-state index contributed by atoms with van der Waals surface area (Å²) in [5.74, 6) is -0.353. The average molecular weight is 280 g/mol. The molecule has 2 heterocycles. The zero-order chi connectivity index (χ0) is 12.9. The van der Waals surface area contributed by atoms with Gasteiger partial charge in [0, 0.05) is 16.0 Å². The minimum absolute atomic E-state index is 0.162. The minimum atomic E-state index is -0.353. The van der Waals surface area contributed by atoms with Crippen LogP contribution in [0.5, 0.6) is 0 Å². The lowest BCUT2D eigenvalue weighted by molar-refractivity contribution is 0.635. The molecule has 1 nitrogen and oxygen atoms in total. The van der Waals surface area contributed by atoms with E-state index in [-0.39, 0.29) is 10.8 Å². The van der Waals surface area contributed by atoms with Crippen molar-refractivity contribution < 1.29 is 4.39 Å². The van der Waals surface area contributed by atoms with Gasteiger partial charge in [-0.3, -0.25) is 0 Å². The van der Waals surface area contributed by atoms with Crippen LogP contribution in [0.3, 0.4) is 0 Å². The van der Waals surface area contributed by atoms with E-state index < -0.39 is 0 Å². The molecule has 0 fully saturated rings. The van der Waals surface area contributed by atoms with Gasteiger partial charge >= 0.3 is 0 Å². The van der Waals surface area contributed by atoms with Crippen molar-refractivity contribution in [3.05, 3.63) is 51.7 Å². The van der Waals surface area contributed by atoms with Crippen molar-refractivity contribution in [1.82, 2.24) is 4.57 Å². The van der Waals surface area contributed by atoms with Gasteiger partial charge in [0.05, 0.1) is 15.5 Å². The molecule has 0 spiro atoms. The molecule has 0 bridgehead atoms. The van der Waals surface area contributed by atoms with E-state index in [0.717, 1.165) is 16.1 Å². The Morgan fingerprint density at radius 2 is 1.94 bits per heavy atom. The number of hydrogen-bond donors (Lipinski definition) is 0. The molecule has 0 atom stereocenters. The van der Waals surface area contributed by atoms with Crippen LogP contribution in [0.4, 0.5) is 4.39 Å². The molecule has 0 aliphatic rings. The summed E-state index contributed by atoms with van der Waals surface area (Å²) in [4.78, 5) is 1.20. The maximum absolute atomic E-state index is 14.2. The first-order valence-electron chi connectivity index (χ1n) is 5.61. The Labute approximate surface area is 113 Å². The lowest BCUT2D eigenvalue weighted by atomic mass is 10.2. The van der Waals surface area contributed by atoms with Gasteiger partial charge in [-0.15, -0.1) is 11.3 Å². The van der Waals surface area contributed by atoms with Gasteiger partial charge in [0.2, 0.25) is 0 Å². The predicted molar refractivity (Wildman–Crippen MR) is 75.6 cm³/mol. The molecule has 3 aromatic rings. The molecule has 92 valence electrons. The van der Waals surface area contributed by atoms with Gasteiger partial charge in [0.15, 0.2) is 5.82 Å². The fraction of sp³-hybridized carbons (Fsp3) is 0.143. The fourth-order valence-corrected chi connectivity index (χ4v) is 3.27. The first-order valence-corrected chi connectivity index (χ1v) is 6.80.